The molecule has 8 heteroatoms. The molecule has 82 valence electrons. The normalized spacial score (nSPS) is 42.7. The van der Waals surface area contributed by atoms with Crippen LogP contribution in [0.2, 0.25) is 0 Å². The lowest BCUT2D eigenvalue weighted by molar-refractivity contribution is -0.135. The van der Waals surface area contributed by atoms with Crippen molar-refractivity contribution in [2.24, 2.45) is 0 Å². The third kappa shape index (κ3) is 2.05. The van der Waals surface area contributed by atoms with Crippen LogP contribution in [0.15, 0.2) is 0 Å². The minimum atomic E-state index is -4.35. The molecule has 2 rings (SSSR count). The van der Waals surface area contributed by atoms with Crippen LogP contribution in [0.5, 0.6) is 0 Å². The van der Waals surface area contributed by atoms with Crippen molar-refractivity contribution < 1.29 is 27.6 Å². The predicted molar refractivity (Wildman–Crippen MR) is 43.7 cm³/mol. The van der Waals surface area contributed by atoms with Crippen molar-refractivity contribution >= 4 is 10.3 Å². The van der Waals surface area contributed by atoms with Crippen molar-refractivity contribution in [1.29, 1.82) is 0 Å². The fourth-order valence-electron chi connectivity index (χ4n) is 1.69. The first-order chi connectivity index (χ1) is 6.46. The van der Waals surface area contributed by atoms with E-state index in [1.165, 1.54) is 0 Å². The zero-order valence-electron chi connectivity index (χ0n) is 7.16. The topological polar surface area (TPSA) is 105 Å². The SMILES string of the molecule is O=S(=O)(O)NC1C2OCC(C[C@H]1O)O2. The third-order valence-corrected chi connectivity index (χ3v) is 2.84. The summed E-state index contributed by atoms with van der Waals surface area (Å²) in [7, 11) is -4.35. The van der Waals surface area contributed by atoms with Crippen molar-refractivity contribution in [2.75, 3.05) is 6.61 Å². The highest BCUT2D eigenvalue weighted by Crippen LogP contribution is 2.27. The Hall–Kier alpha value is -0.250. The van der Waals surface area contributed by atoms with Crippen LogP contribution in [0.4, 0.5) is 0 Å². The van der Waals surface area contributed by atoms with Gasteiger partial charge >= 0.3 is 10.3 Å². The first-order valence-corrected chi connectivity index (χ1v) is 5.59. The minimum absolute atomic E-state index is 0.186. The summed E-state index contributed by atoms with van der Waals surface area (Å²) in [5, 5.41) is 9.52. The number of fused-ring (bicyclic) bond motifs is 2. The lowest BCUT2D eigenvalue weighted by Crippen LogP contribution is -2.54. The van der Waals surface area contributed by atoms with E-state index < -0.39 is 28.7 Å². The lowest BCUT2D eigenvalue weighted by Gasteiger charge is -2.31. The van der Waals surface area contributed by atoms with Gasteiger partial charge in [0.1, 0.15) is 6.04 Å². The molecule has 3 unspecified atom stereocenters. The molecule has 0 amide bonds. The van der Waals surface area contributed by atoms with Gasteiger partial charge in [-0.3, -0.25) is 4.55 Å². The highest BCUT2D eigenvalue weighted by Gasteiger charge is 2.44. The van der Waals surface area contributed by atoms with E-state index in [4.69, 9.17) is 14.0 Å². The van der Waals surface area contributed by atoms with E-state index in [1.54, 1.807) is 0 Å². The molecular formula is C6H11NO6S. The van der Waals surface area contributed by atoms with Gasteiger partial charge in [-0.05, 0) is 0 Å². The molecule has 2 bridgehead atoms. The molecule has 2 heterocycles. The molecule has 0 aromatic rings. The summed E-state index contributed by atoms with van der Waals surface area (Å²) in [6.07, 6.45) is -1.60. The van der Waals surface area contributed by atoms with E-state index in [9.17, 15) is 13.5 Å². The molecule has 0 aliphatic carbocycles. The second-order valence-electron chi connectivity index (χ2n) is 3.38. The second-order valence-corrected chi connectivity index (χ2v) is 4.57. The Morgan fingerprint density at radius 1 is 1.43 bits per heavy atom. The summed E-state index contributed by atoms with van der Waals surface area (Å²) in [6, 6.07) is -0.941. The Morgan fingerprint density at radius 3 is 2.79 bits per heavy atom. The Balaban J connectivity index is 2.09. The highest BCUT2D eigenvalue weighted by molar-refractivity contribution is 7.83. The molecule has 2 saturated heterocycles. The molecule has 2 aliphatic rings. The van der Waals surface area contributed by atoms with Gasteiger partial charge < -0.3 is 14.6 Å². The summed E-state index contributed by atoms with van der Waals surface area (Å²) in [5.41, 5.74) is 0. The van der Waals surface area contributed by atoms with Gasteiger partial charge in [0.2, 0.25) is 0 Å². The van der Waals surface area contributed by atoms with Crippen molar-refractivity contribution in [3.05, 3.63) is 0 Å². The zero-order valence-corrected chi connectivity index (χ0v) is 7.98. The Morgan fingerprint density at radius 2 is 2.14 bits per heavy atom. The van der Waals surface area contributed by atoms with Crippen molar-refractivity contribution in [2.45, 2.75) is 31.0 Å². The van der Waals surface area contributed by atoms with Crippen LogP contribution in [0.25, 0.3) is 0 Å². The molecule has 0 radical (unpaired) electrons. The highest BCUT2D eigenvalue weighted by atomic mass is 32.2. The largest absolute Gasteiger partial charge is 0.391 e. The number of ether oxygens (including phenoxy) is 2. The van der Waals surface area contributed by atoms with E-state index in [-0.39, 0.29) is 6.10 Å². The summed E-state index contributed by atoms with van der Waals surface area (Å²) >= 11 is 0. The molecule has 0 aromatic carbocycles. The van der Waals surface area contributed by atoms with Crippen LogP contribution in [-0.4, -0.2) is 49.2 Å². The summed E-state index contributed by atoms with van der Waals surface area (Å²) < 4.78 is 41.8. The first kappa shape index (κ1) is 10.3. The molecule has 14 heavy (non-hydrogen) atoms. The average molecular weight is 225 g/mol. The van der Waals surface area contributed by atoms with Crippen LogP contribution in [-0.2, 0) is 19.8 Å². The van der Waals surface area contributed by atoms with Gasteiger partial charge in [0.05, 0.1) is 18.8 Å². The summed E-state index contributed by atoms with van der Waals surface area (Å²) in [6.45, 7) is 0.339. The number of rotatable bonds is 2. The van der Waals surface area contributed by atoms with Crippen LogP contribution >= 0.6 is 0 Å². The van der Waals surface area contributed by atoms with Crippen molar-refractivity contribution in [3.8, 4) is 0 Å². The molecule has 0 spiro atoms. The van der Waals surface area contributed by atoms with Crippen LogP contribution < -0.4 is 4.72 Å². The van der Waals surface area contributed by atoms with E-state index in [2.05, 4.69) is 0 Å². The second kappa shape index (κ2) is 3.40. The Labute approximate surface area is 80.9 Å². The molecule has 3 N–H and O–H groups in total. The zero-order chi connectivity index (χ0) is 10.3. The summed E-state index contributed by atoms with van der Waals surface area (Å²) in [4.78, 5) is 0. The van der Waals surface area contributed by atoms with E-state index >= 15 is 0 Å². The fraction of sp³-hybridized carbons (Fsp3) is 1.00. The molecule has 4 atom stereocenters. The molecule has 0 saturated carbocycles. The quantitative estimate of drug-likeness (QED) is 0.481. The van der Waals surface area contributed by atoms with Crippen molar-refractivity contribution in [1.82, 2.24) is 4.72 Å². The van der Waals surface area contributed by atoms with Gasteiger partial charge in [0.25, 0.3) is 0 Å². The van der Waals surface area contributed by atoms with Gasteiger partial charge in [-0.15, -0.1) is 0 Å². The van der Waals surface area contributed by atoms with Gasteiger partial charge in [0, 0.05) is 6.42 Å². The van der Waals surface area contributed by atoms with Gasteiger partial charge in [-0.2, -0.15) is 13.1 Å². The molecule has 2 fully saturated rings. The standard InChI is InChI=1S/C6H11NO6S/c8-4-1-3-2-12-6(13-3)5(4)7-14(9,10)11/h3-8H,1-2H2,(H,9,10,11)/t3?,4-,5?,6?/m1/s1. The molecular weight excluding hydrogens is 214 g/mol. The number of aliphatic hydroxyl groups is 1. The maximum atomic E-state index is 10.5. The first-order valence-electron chi connectivity index (χ1n) is 4.15. The monoisotopic (exact) mass is 225 g/mol. The number of nitrogens with one attached hydrogen (secondary N) is 1. The van der Waals surface area contributed by atoms with Crippen LogP contribution in [0, 0.1) is 0 Å². The van der Waals surface area contributed by atoms with E-state index in [0.29, 0.717) is 13.0 Å². The lowest BCUT2D eigenvalue weighted by atomic mass is 10.0. The Kier molecular flexibility index (Phi) is 2.50. The van der Waals surface area contributed by atoms with Crippen LogP contribution in [0.3, 0.4) is 0 Å². The van der Waals surface area contributed by atoms with Crippen molar-refractivity contribution in [3.63, 3.8) is 0 Å². The molecule has 2 aliphatic heterocycles. The van der Waals surface area contributed by atoms with E-state index in [0.717, 1.165) is 0 Å². The smallest absolute Gasteiger partial charge is 0.333 e. The van der Waals surface area contributed by atoms with Gasteiger partial charge in [0.15, 0.2) is 6.29 Å². The van der Waals surface area contributed by atoms with E-state index in [1.807, 2.05) is 4.72 Å². The van der Waals surface area contributed by atoms with Gasteiger partial charge in [-0.1, -0.05) is 0 Å². The predicted octanol–water partition coefficient (Wildman–Crippen LogP) is -1.75. The average Bonchev–Trinajstić information content (AvgIpc) is 2.41. The maximum absolute atomic E-state index is 10.5. The number of hydrogen-bond donors (Lipinski definition) is 3. The Bertz CT molecular complexity index is 316. The van der Waals surface area contributed by atoms with Gasteiger partial charge in [-0.25, -0.2) is 0 Å². The van der Waals surface area contributed by atoms with Crippen LogP contribution in [0.1, 0.15) is 6.42 Å². The minimum Gasteiger partial charge on any atom is -0.391 e. The maximum Gasteiger partial charge on any atom is 0.333 e. The summed E-state index contributed by atoms with van der Waals surface area (Å²) in [5.74, 6) is 0. The number of hydrogen-bond acceptors (Lipinski definition) is 5. The molecule has 0 aromatic heterocycles. The molecule has 7 nitrogen and oxygen atoms in total. The third-order valence-electron chi connectivity index (χ3n) is 2.27. The fourth-order valence-corrected chi connectivity index (χ4v) is 2.30. The number of aliphatic hydroxyl groups excluding tert-OH is 1.